The Kier molecular flexibility index (Phi) is 5.53. The molecule has 1 saturated heterocycles. The molecule has 0 spiro atoms. The highest BCUT2D eigenvalue weighted by atomic mass is 19.1. The van der Waals surface area contributed by atoms with Crippen LogP contribution in [0.15, 0.2) is 24.3 Å². The van der Waals surface area contributed by atoms with Crippen molar-refractivity contribution >= 4 is 5.91 Å². The molecule has 1 aromatic rings. The van der Waals surface area contributed by atoms with Crippen LogP contribution in [0, 0.1) is 11.7 Å². The summed E-state index contributed by atoms with van der Waals surface area (Å²) in [5.74, 6) is 0.0383. The van der Waals surface area contributed by atoms with Crippen molar-refractivity contribution in [3.05, 3.63) is 35.6 Å². The SMILES string of the molecule is CCCNC(=O)[C@@H]1CCCN(Cc2cccc(F)c2)C1. The molecule has 0 radical (unpaired) electrons. The van der Waals surface area contributed by atoms with Crippen LogP contribution in [0.4, 0.5) is 4.39 Å². The van der Waals surface area contributed by atoms with Crippen LogP contribution in [-0.4, -0.2) is 30.4 Å². The molecule has 1 atom stereocenters. The van der Waals surface area contributed by atoms with Crippen LogP contribution < -0.4 is 5.32 Å². The average molecular weight is 278 g/mol. The Bertz CT molecular complexity index is 450. The van der Waals surface area contributed by atoms with Gasteiger partial charge in [0.15, 0.2) is 0 Å². The molecule has 110 valence electrons. The lowest BCUT2D eigenvalue weighted by Crippen LogP contribution is -2.42. The van der Waals surface area contributed by atoms with Gasteiger partial charge in [0.05, 0.1) is 5.92 Å². The molecule has 4 heteroatoms. The summed E-state index contributed by atoms with van der Waals surface area (Å²) in [7, 11) is 0. The predicted molar refractivity (Wildman–Crippen MR) is 77.7 cm³/mol. The zero-order valence-corrected chi connectivity index (χ0v) is 12.1. The largest absolute Gasteiger partial charge is 0.356 e. The number of carbonyl (C=O) groups excluding carboxylic acids is 1. The number of likely N-dealkylation sites (tertiary alicyclic amines) is 1. The molecule has 20 heavy (non-hydrogen) atoms. The van der Waals surface area contributed by atoms with Crippen molar-refractivity contribution in [3.8, 4) is 0 Å². The van der Waals surface area contributed by atoms with Gasteiger partial charge in [0.25, 0.3) is 0 Å². The monoisotopic (exact) mass is 278 g/mol. The first-order valence-corrected chi connectivity index (χ1v) is 7.43. The van der Waals surface area contributed by atoms with E-state index in [1.807, 2.05) is 6.07 Å². The summed E-state index contributed by atoms with van der Waals surface area (Å²) >= 11 is 0. The summed E-state index contributed by atoms with van der Waals surface area (Å²) in [5, 5.41) is 2.97. The molecule has 1 fully saturated rings. The summed E-state index contributed by atoms with van der Waals surface area (Å²) < 4.78 is 13.2. The number of nitrogens with one attached hydrogen (secondary N) is 1. The van der Waals surface area contributed by atoms with Crippen molar-refractivity contribution in [1.29, 1.82) is 0 Å². The predicted octanol–water partition coefficient (Wildman–Crippen LogP) is 2.56. The summed E-state index contributed by atoms with van der Waals surface area (Å²) in [6, 6.07) is 6.70. The summed E-state index contributed by atoms with van der Waals surface area (Å²) in [6.45, 7) is 5.27. The lowest BCUT2D eigenvalue weighted by Gasteiger charge is -2.32. The van der Waals surface area contributed by atoms with Crippen molar-refractivity contribution in [3.63, 3.8) is 0 Å². The van der Waals surface area contributed by atoms with E-state index in [4.69, 9.17) is 0 Å². The van der Waals surface area contributed by atoms with Crippen LogP contribution in [0.2, 0.25) is 0 Å². The molecule has 1 amide bonds. The second-order valence-electron chi connectivity index (χ2n) is 5.50. The van der Waals surface area contributed by atoms with Gasteiger partial charge in [-0.25, -0.2) is 4.39 Å². The van der Waals surface area contributed by atoms with Gasteiger partial charge in [0, 0.05) is 19.6 Å². The van der Waals surface area contributed by atoms with E-state index < -0.39 is 0 Å². The molecule has 1 aliphatic rings. The maximum Gasteiger partial charge on any atom is 0.224 e. The molecule has 0 saturated carbocycles. The number of amides is 1. The Morgan fingerprint density at radius 1 is 1.50 bits per heavy atom. The highest BCUT2D eigenvalue weighted by Crippen LogP contribution is 2.19. The highest BCUT2D eigenvalue weighted by molar-refractivity contribution is 5.78. The van der Waals surface area contributed by atoms with Crippen LogP contribution in [0.3, 0.4) is 0 Å². The van der Waals surface area contributed by atoms with E-state index >= 15 is 0 Å². The first-order valence-electron chi connectivity index (χ1n) is 7.43. The summed E-state index contributed by atoms with van der Waals surface area (Å²) in [4.78, 5) is 14.3. The number of nitrogens with zero attached hydrogens (tertiary/aromatic N) is 1. The Morgan fingerprint density at radius 2 is 2.35 bits per heavy atom. The van der Waals surface area contributed by atoms with E-state index in [1.54, 1.807) is 12.1 Å². The first kappa shape index (κ1) is 15.0. The third kappa shape index (κ3) is 4.30. The van der Waals surface area contributed by atoms with Crippen LogP contribution in [0.5, 0.6) is 0 Å². The van der Waals surface area contributed by atoms with E-state index in [1.165, 1.54) is 6.07 Å². The van der Waals surface area contributed by atoms with Crippen LogP contribution in [-0.2, 0) is 11.3 Å². The zero-order valence-electron chi connectivity index (χ0n) is 12.1. The third-order valence-electron chi connectivity index (χ3n) is 3.72. The summed E-state index contributed by atoms with van der Waals surface area (Å²) in [6.07, 6.45) is 2.94. The van der Waals surface area contributed by atoms with Crippen molar-refractivity contribution in [2.24, 2.45) is 5.92 Å². The van der Waals surface area contributed by atoms with Gasteiger partial charge in [0.2, 0.25) is 5.91 Å². The molecule has 1 aliphatic heterocycles. The Labute approximate surface area is 120 Å². The summed E-state index contributed by atoms with van der Waals surface area (Å²) in [5.41, 5.74) is 0.972. The van der Waals surface area contributed by atoms with Gasteiger partial charge in [-0.2, -0.15) is 0 Å². The van der Waals surface area contributed by atoms with Gasteiger partial charge in [-0.3, -0.25) is 9.69 Å². The van der Waals surface area contributed by atoms with E-state index in [0.29, 0.717) is 0 Å². The quantitative estimate of drug-likeness (QED) is 0.898. The molecule has 0 bridgehead atoms. The van der Waals surface area contributed by atoms with Gasteiger partial charge in [-0.1, -0.05) is 19.1 Å². The molecule has 0 aliphatic carbocycles. The fraction of sp³-hybridized carbons (Fsp3) is 0.562. The van der Waals surface area contributed by atoms with Crippen LogP contribution in [0.1, 0.15) is 31.7 Å². The van der Waals surface area contributed by atoms with Crippen LogP contribution in [0.25, 0.3) is 0 Å². The molecule has 1 N–H and O–H groups in total. The van der Waals surface area contributed by atoms with Crippen molar-refractivity contribution in [2.75, 3.05) is 19.6 Å². The minimum Gasteiger partial charge on any atom is -0.356 e. The average Bonchev–Trinajstić information content (AvgIpc) is 2.45. The van der Waals surface area contributed by atoms with E-state index in [9.17, 15) is 9.18 Å². The van der Waals surface area contributed by atoms with Gasteiger partial charge in [-0.05, 0) is 43.5 Å². The third-order valence-corrected chi connectivity index (χ3v) is 3.72. The maximum absolute atomic E-state index is 13.2. The Balaban J connectivity index is 1.88. The Hall–Kier alpha value is -1.42. The minimum absolute atomic E-state index is 0.0730. The molecule has 0 aromatic heterocycles. The second-order valence-corrected chi connectivity index (χ2v) is 5.50. The number of rotatable bonds is 5. The standard InChI is InChI=1S/C16H23FN2O/c1-2-8-18-16(20)14-6-4-9-19(12-14)11-13-5-3-7-15(17)10-13/h3,5,7,10,14H,2,4,6,8-9,11-12H2,1H3,(H,18,20)/t14-/m1/s1. The lowest BCUT2D eigenvalue weighted by molar-refractivity contribution is -0.126. The molecule has 2 rings (SSSR count). The number of benzene rings is 1. The van der Waals surface area contributed by atoms with E-state index in [-0.39, 0.29) is 17.6 Å². The van der Waals surface area contributed by atoms with Gasteiger partial charge in [-0.15, -0.1) is 0 Å². The van der Waals surface area contributed by atoms with Gasteiger partial charge < -0.3 is 5.32 Å². The fourth-order valence-electron chi connectivity index (χ4n) is 2.70. The number of hydrogen-bond donors (Lipinski definition) is 1. The molecule has 1 heterocycles. The zero-order chi connectivity index (χ0) is 14.4. The van der Waals surface area contributed by atoms with Gasteiger partial charge >= 0.3 is 0 Å². The van der Waals surface area contributed by atoms with Gasteiger partial charge in [0.1, 0.15) is 5.82 Å². The van der Waals surface area contributed by atoms with Crippen molar-refractivity contribution < 1.29 is 9.18 Å². The maximum atomic E-state index is 13.2. The second kappa shape index (κ2) is 7.39. The van der Waals surface area contributed by atoms with Crippen LogP contribution >= 0.6 is 0 Å². The molecule has 3 nitrogen and oxygen atoms in total. The van der Waals surface area contributed by atoms with E-state index in [0.717, 1.165) is 51.0 Å². The van der Waals surface area contributed by atoms with E-state index in [2.05, 4.69) is 17.1 Å². The number of carbonyl (C=O) groups is 1. The molecular formula is C16H23FN2O. The normalized spacial score (nSPS) is 19.8. The number of halogens is 1. The molecular weight excluding hydrogens is 255 g/mol. The van der Waals surface area contributed by atoms with Crippen molar-refractivity contribution in [1.82, 2.24) is 10.2 Å². The highest BCUT2D eigenvalue weighted by Gasteiger charge is 2.25. The smallest absolute Gasteiger partial charge is 0.224 e. The first-order chi connectivity index (χ1) is 9.69. The lowest BCUT2D eigenvalue weighted by atomic mass is 9.96. The Morgan fingerprint density at radius 3 is 3.10 bits per heavy atom. The molecule has 1 aromatic carbocycles. The minimum atomic E-state index is -0.197. The topological polar surface area (TPSA) is 32.3 Å². The molecule has 0 unspecified atom stereocenters. The fourth-order valence-corrected chi connectivity index (χ4v) is 2.70. The van der Waals surface area contributed by atoms with Crippen molar-refractivity contribution in [2.45, 2.75) is 32.7 Å². The number of piperidine rings is 1. The number of hydrogen-bond acceptors (Lipinski definition) is 2.